The summed E-state index contributed by atoms with van der Waals surface area (Å²) >= 11 is 0. The smallest absolute Gasteiger partial charge is 0.407 e. The summed E-state index contributed by atoms with van der Waals surface area (Å²) in [6.07, 6.45) is -0.498. The van der Waals surface area contributed by atoms with Crippen LogP contribution in [0.25, 0.3) is 0 Å². The average Bonchev–Trinajstić information content (AvgIpc) is 2.10. The van der Waals surface area contributed by atoms with Gasteiger partial charge in [-0.25, -0.2) is 4.79 Å². The molecule has 3 N–H and O–H groups in total. The first-order chi connectivity index (χ1) is 6.76. The molecule has 0 saturated heterocycles. The molecule has 1 amide bonds. The second-order valence-electron chi connectivity index (χ2n) is 4.16. The number of carbonyl (C=O) groups excluding carboxylic acids is 1. The van der Waals surface area contributed by atoms with Gasteiger partial charge in [-0.2, -0.15) is 0 Å². The number of hydrogen-bond acceptors (Lipinski definition) is 4. The predicted octanol–water partition coefficient (Wildman–Crippen LogP) is 0.998. The van der Waals surface area contributed by atoms with Crippen molar-refractivity contribution >= 4 is 6.09 Å². The number of amides is 1. The van der Waals surface area contributed by atoms with Crippen molar-refractivity contribution in [3.63, 3.8) is 0 Å². The standard InChI is InChI=1S/C10H20N2O3/c1-7(14-5)8(11)6-12-9(13)15-10(2,3)4/h8H,1,6,11H2,2-5H3,(H,12,13)/t8-/m0/s1. The van der Waals surface area contributed by atoms with Crippen LogP contribution in [0.15, 0.2) is 12.3 Å². The Morgan fingerprint density at radius 2 is 2.07 bits per heavy atom. The molecule has 0 fully saturated rings. The van der Waals surface area contributed by atoms with Gasteiger partial charge in [0, 0.05) is 6.54 Å². The van der Waals surface area contributed by atoms with E-state index >= 15 is 0 Å². The Bertz CT molecular complexity index is 233. The lowest BCUT2D eigenvalue weighted by atomic mass is 10.2. The maximum absolute atomic E-state index is 11.2. The van der Waals surface area contributed by atoms with E-state index in [-0.39, 0.29) is 6.54 Å². The van der Waals surface area contributed by atoms with Crippen LogP contribution >= 0.6 is 0 Å². The third-order valence-corrected chi connectivity index (χ3v) is 1.54. The van der Waals surface area contributed by atoms with Crippen LogP contribution in [0, 0.1) is 0 Å². The van der Waals surface area contributed by atoms with Crippen LogP contribution in [-0.4, -0.2) is 31.4 Å². The molecule has 15 heavy (non-hydrogen) atoms. The molecule has 5 heteroatoms. The van der Waals surface area contributed by atoms with Gasteiger partial charge < -0.3 is 20.5 Å². The summed E-state index contributed by atoms with van der Waals surface area (Å²) in [5, 5.41) is 2.53. The van der Waals surface area contributed by atoms with Crippen molar-refractivity contribution < 1.29 is 14.3 Å². The van der Waals surface area contributed by atoms with Crippen LogP contribution in [0.3, 0.4) is 0 Å². The molecule has 88 valence electrons. The highest BCUT2D eigenvalue weighted by molar-refractivity contribution is 5.67. The van der Waals surface area contributed by atoms with E-state index in [4.69, 9.17) is 15.2 Å². The zero-order valence-electron chi connectivity index (χ0n) is 9.79. The van der Waals surface area contributed by atoms with Gasteiger partial charge in [-0.3, -0.25) is 0 Å². The molecular weight excluding hydrogens is 196 g/mol. The van der Waals surface area contributed by atoms with E-state index in [9.17, 15) is 4.79 Å². The van der Waals surface area contributed by atoms with Gasteiger partial charge in [-0.05, 0) is 20.8 Å². The first-order valence-corrected chi connectivity index (χ1v) is 4.71. The zero-order valence-corrected chi connectivity index (χ0v) is 9.79. The van der Waals surface area contributed by atoms with Crippen LogP contribution in [0.2, 0.25) is 0 Å². The molecule has 0 unspecified atom stereocenters. The van der Waals surface area contributed by atoms with E-state index in [1.165, 1.54) is 7.11 Å². The molecule has 0 aromatic heterocycles. The van der Waals surface area contributed by atoms with Crippen molar-refractivity contribution in [3.8, 4) is 0 Å². The van der Waals surface area contributed by atoms with Gasteiger partial charge in [0.05, 0.1) is 13.2 Å². The molecule has 0 radical (unpaired) electrons. The van der Waals surface area contributed by atoms with Crippen LogP contribution in [0.5, 0.6) is 0 Å². The summed E-state index contributed by atoms with van der Waals surface area (Å²) in [5.41, 5.74) is 5.14. The molecule has 0 spiro atoms. The first kappa shape index (κ1) is 13.8. The maximum Gasteiger partial charge on any atom is 0.407 e. The molecule has 5 nitrogen and oxygen atoms in total. The summed E-state index contributed by atoms with van der Waals surface area (Å²) in [6, 6.07) is -0.428. The Kier molecular flexibility index (Phi) is 5.14. The number of methoxy groups -OCH3 is 1. The minimum absolute atomic E-state index is 0.238. The van der Waals surface area contributed by atoms with Crippen molar-refractivity contribution in [3.05, 3.63) is 12.3 Å². The normalized spacial score (nSPS) is 12.9. The van der Waals surface area contributed by atoms with Crippen LogP contribution in [-0.2, 0) is 9.47 Å². The lowest BCUT2D eigenvalue weighted by molar-refractivity contribution is 0.0524. The van der Waals surface area contributed by atoms with Gasteiger partial charge in [0.1, 0.15) is 11.4 Å². The highest BCUT2D eigenvalue weighted by atomic mass is 16.6. The van der Waals surface area contributed by atoms with Crippen molar-refractivity contribution in [1.29, 1.82) is 0 Å². The second-order valence-corrected chi connectivity index (χ2v) is 4.16. The number of hydrogen-bond donors (Lipinski definition) is 2. The second kappa shape index (κ2) is 5.60. The number of carbonyl (C=O) groups is 1. The third kappa shape index (κ3) is 6.79. The molecule has 0 aromatic carbocycles. The molecule has 0 rings (SSSR count). The Labute approximate surface area is 90.6 Å². The number of nitrogens with two attached hydrogens (primary N) is 1. The van der Waals surface area contributed by atoms with Crippen LogP contribution in [0.1, 0.15) is 20.8 Å². The number of rotatable bonds is 4. The Morgan fingerprint density at radius 1 is 1.53 bits per heavy atom. The SMILES string of the molecule is C=C(OC)[C@@H](N)CNC(=O)OC(C)(C)C. The average molecular weight is 216 g/mol. The van der Waals surface area contributed by atoms with Gasteiger partial charge in [-0.1, -0.05) is 6.58 Å². The summed E-state index contributed by atoms with van der Waals surface area (Å²) < 4.78 is 9.86. The Morgan fingerprint density at radius 3 is 2.47 bits per heavy atom. The predicted molar refractivity (Wildman–Crippen MR) is 58.4 cm³/mol. The highest BCUT2D eigenvalue weighted by Gasteiger charge is 2.17. The summed E-state index contributed by atoms with van der Waals surface area (Å²) in [5.74, 6) is 0.422. The quantitative estimate of drug-likeness (QED) is 0.687. The summed E-state index contributed by atoms with van der Waals surface area (Å²) in [7, 11) is 1.48. The molecule has 0 aromatic rings. The van der Waals surface area contributed by atoms with Crippen molar-refractivity contribution in [2.24, 2.45) is 5.73 Å². The largest absolute Gasteiger partial charge is 0.500 e. The fourth-order valence-electron chi connectivity index (χ4n) is 0.773. The monoisotopic (exact) mass is 216 g/mol. The minimum atomic E-state index is -0.507. The van der Waals surface area contributed by atoms with Gasteiger partial charge in [0.2, 0.25) is 0 Å². The fraction of sp³-hybridized carbons (Fsp3) is 0.700. The minimum Gasteiger partial charge on any atom is -0.500 e. The molecule has 1 atom stereocenters. The number of ether oxygens (including phenoxy) is 2. The lowest BCUT2D eigenvalue weighted by Crippen LogP contribution is -2.41. The number of alkyl carbamates (subject to hydrolysis) is 1. The highest BCUT2D eigenvalue weighted by Crippen LogP contribution is 2.06. The van der Waals surface area contributed by atoms with E-state index in [2.05, 4.69) is 11.9 Å². The fourth-order valence-corrected chi connectivity index (χ4v) is 0.773. The van der Waals surface area contributed by atoms with Crippen LogP contribution < -0.4 is 11.1 Å². The molecule has 0 aliphatic carbocycles. The molecule has 0 aliphatic heterocycles. The number of nitrogens with one attached hydrogen (secondary N) is 1. The van der Waals surface area contributed by atoms with E-state index in [1.807, 2.05) is 0 Å². The van der Waals surface area contributed by atoms with Crippen molar-refractivity contribution in [2.75, 3.05) is 13.7 Å². The Balaban J connectivity index is 3.86. The molecule has 0 bridgehead atoms. The summed E-state index contributed by atoms with van der Waals surface area (Å²) in [4.78, 5) is 11.2. The van der Waals surface area contributed by atoms with E-state index in [1.54, 1.807) is 20.8 Å². The van der Waals surface area contributed by atoms with E-state index in [0.29, 0.717) is 5.76 Å². The molecule has 0 aliphatic rings. The van der Waals surface area contributed by atoms with Gasteiger partial charge in [0.25, 0.3) is 0 Å². The molecule has 0 saturated carbocycles. The molecular formula is C10H20N2O3. The molecule has 0 heterocycles. The van der Waals surface area contributed by atoms with Gasteiger partial charge in [0.15, 0.2) is 0 Å². The summed E-state index contributed by atoms with van der Waals surface area (Å²) in [6.45, 7) is 9.20. The van der Waals surface area contributed by atoms with Crippen molar-refractivity contribution in [1.82, 2.24) is 5.32 Å². The first-order valence-electron chi connectivity index (χ1n) is 4.71. The Hall–Kier alpha value is -1.23. The van der Waals surface area contributed by atoms with Gasteiger partial charge in [-0.15, -0.1) is 0 Å². The topological polar surface area (TPSA) is 73.6 Å². The third-order valence-electron chi connectivity index (χ3n) is 1.54. The van der Waals surface area contributed by atoms with E-state index < -0.39 is 17.7 Å². The van der Waals surface area contributed by atoms with Gasteiger partial charge >= 0.3 is 6.09 Å². The zero-order chi connectivity index (χ0) is 12.1. The van der Waals surface area contributed by atoms with E-state index in [0.717, 1.165) is 0 Å². The lowest BCUT2D eigenvalue weighted by Gasteiger charge is -2.21. The van der Waals surface area contributed by atoms with Crippen molar-refractivity contribution in [2.45, 2.75) is 32.4 Å². The maximum atomic E-state index is 11.2. The van der Waals surface area contributed by atoms with Crippen LogP contribution in [0.4, 0.5) is 4.79 Å².